The van der Waals surface area contributed by atoms with Gasteiger partial charge in [0.1, 0.15) is 5.58 Å². The van der Waals surface area contributed by atoms with E-state index in [0.717, 1.165) is 10.9 Å². The number of carbonyl (C=O) groups excluding carboxylic acids is 1. The monoisotopic (exact) mass is 293 g/mol. The minimum absolute atomic E-state index is 0.0139. The summed E-state index contributed by atoms with van der Waals surface area (Å²) in [4.78, 5) is 23.9. The Labute approximate surface area is 127 Å². The molecule has 0 unspecified atom stereocenters. The summed E-state index contributed by atoms with van der Waals surface area (Å²) in [7, 11) is 0. The Kier molecular flexibility index (Phi) is 4.01. The Morgan fingerprint density at radius 1 is 1.00 bits per heavy atom. The van der Waals surface area contributed by atoms with E-state index in [-0.39, 0.29) is 12.3 Å². The average molecular weight is 293 g/mol. The molecule has 0 saturated heterocycles. The summed E-state index contributed by atoms with van der Waals surface area (Å²) < 4.78 is 5.22. The highest BCUT2D eigenvalue weighted by Gasteiger charge is 2.10. The van der Waals surface area contributed by atoms with Gasteiger partial charge in [-0.3, -0.25) is 4.79 Å². The molecule has 1 N–H and O–H groups in total. The molecular weight excluding hydrogens is 278 g/mol. The zero-order chi connectivity index (χ0) is 15.4. The summed E-state index contributed by atoms with van der Waals surface area (Å²) >= 11 is 0. The van der Waals surface area contributed by atoms with Crippen molar-refractivity contribution in [3.8, 4) is 0 Å². The van der Waals surface area contributed by atoms with Gasteiger partial charge in [0.15, 0.2) is 0 Å². The van der Waals surface area contributed by atoms with E-state index >= 15 is 0 Å². The SMILES string of the molecule is O=C(Cc1cc2ccccc2oc1=O)NCc1ccccc1. The highest BCUT2D eigenvalue weighted by molar-refractivity contribution is 5.81. The van der Waals surface area contributed by atoms with Gasteiger partial charge < -0.3 is 9.73 Å². The molecular formula is C18H15NO3. The number of hydrogen-bond donors (Lipinski definition) is 1. The van der Waals surface area contributed by atoms with E-state index < -0.39 is 5.63 Å². The third-order valence-corrected chi connectivity index (χ3v) is 3.40. The quantitative estimate of drug-likeness (QED) is 0.752. The number of fused-ring (bicyclic) bond motifs is 1. The van der Waals surface area contributed by atoms with Gasteiger partial charge in [0.2, 0.25) is 5.91 Å². The van der Waals surface area contributed by atoms with Crippen molar-refractivity contribution in [2.24, 2.45) is 0 Å². The van der Waals surface area contributed by atoms with Crippen molar-refractivity contribution >= 4 is 16.9 Å². The van der Waals surface area contributed by atoms with E-state index in [0.29, 0.717) is 17.7 Å². The lowest BCUT2D eigenvalue weighted by Gasteiger charge is -2.05. The topological polar surface area (TPSA) is 59.3 Å². The van der Waals surface area contributed by atoms with Crippen molar-refractivity contribution < 1.29 is 9.21 Å². The van der Waals surface area contributed by atoms with Crippen molar-refractivity contribution in [1.29, 1.82) is 0 Å². The fourth-order valence-corrected chi connectivity index (χ4v) is 2.26. The van der Waals surface area contributed by atoms with E-state index in [1.54, 1.807) is 18.2 Å². The van der Waals surface area contributed by atoms with Crippen LogP contribution in [0.3, 0.4) is 0 Å². The normalized spacial score (nSPS) is 10.5. The third kappa shape index (κ3) is 3.23. The Morgan fingerprint density at radius 3 is 2.55 bits per heavy atom. The first-order valence-electron chi connectivity index (χ1n) is 7.05. The van der Waals surface area contributed by atoms with E-state index in [1.807, 2.05) is 42.5 Å². The van der Waals surface area contributed by atoms with Crippen molar-refractivity contribution in [3.05, 3.63) is 82.2 Å². The minimum Gasteiger partial charge on any atom is -0.423 e. The first-order valence-corrected chi connectivity index (χ1v) is 7.05. The Bertz CT molecular complexity index is 853. The maximum absolute atomic E-state index is 12.0. The van der Waals surface area contributed by atoms with Gasteiger partial charge in [0.25, 0.3) is 0 Å². The Balaban J connectivity index is 1.71. The molecule has 0 fully saturated rings. The second-order valence-corrected chi connectivity index (χ2v) is 5.04. The van der Waals surface area contributed by atoms with Crippen LogP contribution in [-0.2, 0) is 17.8 Å². The molecule has 0 aliphatic heterocycles. The van der Waals surface area contributed by atoms with Crippen molar-refractivity contribution in [3.63, 3.8) is 0 Å². The Hall–Kier alpha value is -2.88. The average Bonchev–Trinajstić information content (AvgIpc) is 2.55. The van der Waals surface area contributed by atoms with Gasteiger partial charge in [-0.05, 0) is 17.7 Å². The van der Waals surface area contributed by atoms with Crippen LogP contribution in [0.25, 0.3) is 11.0 Å². The predicted octanol–water partition coefficient (Wildman–Crippen LogP) is 2.65. The molecule has 0 aliphatic carbocycles. The van der Waals surface area contributed by atoms with E-state index in [1.165, 1.54) is 0 Å². The molecule has 1 heterocycles. The molecule has 3 rings (SSSR count). The molecule has 1 aromatic heterocycles. The first-order chi connectivity index (χ1) is 10.7. The summed E-state index contributed by atoms with van der Waals surface area (Å²) in [5, 5.41) is 3.62. The number of carbonyl (C=O) groups is 1. The maximum Gasteiger partial charge on any atom is 0.339 e. The molecule has 22 heavy (non-hydrogen) atoms. The van der Waals surface area contributed by atoms with Crippen LogP contribution < -0.4 is 10.9 Å². The van der Waals surface area contributed by atoms with Crippen LogP contribution in [0.15, 0.2) is 69.9 Å². The summed E-state index contributed by atoms with van der Waals surface area (Å²) in [5.41, 5.74) is 1.44. The molecule has 0 aliphatic rings. The van der Waals surface area contributed by atoms with Crippen molar-refractivity contribution in [2.45, 2.75) is 13.0 Å². The zero-order valence-electron chi connectivity index (χ0n) is 11.9. The molecule has 2 aromatic carbocycles. The largest absolute Gasteiger partial charge is 0.423 e. The fraction of sp³-hybridized carbons (Fsp3) is 0.111. The second-order valence-electron chi connectivity index (χ2n) is 5.04. The number of amides is 1. The standard InChI is InChI=1S/C18H15NO3/c20-17(19-12-13-6-2-1-3-7-13)11-15-10-14-8-4-5-9-16(14)22-18(15)21/h1-10H,11-12H2,(H,19,20). The predicted molar refractivity (Wildman–Crippen MR) is 84.5 cm³/mol. The number of para-hydroxylation sites is 1. The number of rotatable bonds is 4. The van der Waals surface area contributed by atoms with Gasteiger partial charge in [-0.25, -0.2) is 4.79 Å². The molecule has 4 nitrogen and oxygen atoms in total. The molecule has 4 heteroatoms. The molecule has 1 amide bonds. The van der Waals surface area contributed by atoms with Crippen LogP contribution in [0.4, 0.5) is 0 Å². The first kappa shape index (κ1) is 14.1. The lowest BCUT2D eigenvalue weighted by atomic mass is 10.1. The molecule has 0 saturated carbocycles. The minimum atomic E-state index is -0.464. The molecule has 3 aromatic rings. The third-order valence-electron chi connectivity index (χ3n) is 3.40. The van der Waals surface area contributed by atoms with Gasteiger partial charge in [-0.2, -0.15) is 0 Å². The lowest BCUT2D eigenvalue weighted by molar-refractivity contribution is -0.120. The maximum atomic E-state index is 12.0. The second kappa shape index (κ2) is 6.26. The fourth-order valence-electron chi connectivity index (χ4n) is 2.26. The molecule has 0 bridgehead atoms. The lowest BCUT2D eigenvalue weighted by Crippen LogP contribution is -2.26. The van der Waals surface area contributed by atoms with Crippen molar-refractivity contribution in [1.82, 2.24) is 5.32 Å². The number of benzene rings is 2. The zero-order valence-corrected chi connectivity index (χ0v) is 11.9. The highest BCUT2D eigenvalue weighted by Crippen LogP contribution is 2.12. The summed E-state index contributed by atoms with van der Waals surface area (Å²) in [6, 6.07) is 18.6. The van der Waals surface area contributed by atoms with Gasteiger partial charge in [-0.15, -0.1) is 0 Å². The van der Waals surface area contributed by atoms with Crippen LogP contribution in [-0.4, -0.2) is 5.91 Å². The van der Waals surface area contributed by atoms with E-state index in [2.05, 4.69) is 5.32 Å². The summed E-state index contributed by atoms with van der Waals surface area (Å²) in [6.45, 7) is 0.443. The van der Waals surface area contributed by atoms with Gasteiger partial charge in [-0.1, -0.05) is 48.5 Å². The van der Waals surface area contributed by atoms with E-state index in [9.17, 15) is 9.59 Å². The van der Waals surface area contributed by atoms with Crippen molar-refractivity contribution in [2.75, 3.05) is 0 Å². The molecule has 110 valence electrons. The molecule has 0 radical (unpaired) electrons. The van der Waals surface area contributed by atoms with Crippen LogP contribution >= 0.6 is 0 Å². The summed E-state index contributed by atoms with van der Waals surface area (Å²) in [6.07, 6.45) is 0.0139. The van der Waals surface area contributed by atoms with E-state index in [4.69, 9.17) is 4.42 Å². The van der Waals surface area contributed by atoms with Crippen LogP contribution in [0.5, 0.6) is 0 Å². The van der Waals surface area contributed by atoms with Gasteiger partial charge in [0, 0.05) is 17.5 Å². The van der Waals surface area contributed by atoms with Gasteiger partial charge >= 0.3 is 5.63 Å². The number of nitrogens with one attached hydrogen (secondary N) is 1. The van der Waals surface area contributed by atoms with Crippen LogP contribution in [0.1, 0.15) is 11.1 Å². The Morgan fingerprint density at radius 2 is 1.73 bits per heavy atom. The van der Waals surface area contributed by atoms with Crippen LogP contribution in [0.2, 0.25) is 0 Å². The highest BCUT2D eigenvalue weighted by atomic mass is 16.4. The molecule has 0 spiro atoms. The van der Waals surface area contributed by atoms with Gasteiger partial charge in [0.05, 0.1) is 6.42 Å². The summed E-state index contributed by atoms with van der Waals surface area (Å²) in [5.74, 6) is -0.202. The van der Waals surface area contributed by atoms with Crippen LogP contribution in [0, 0.1) is 0 Å². The molecule has 0 atom stereocenters. The number of hydrogen-bond acceptors (Lipinski definition) is 3. The smallest absolute Gasteiger partial charge is 0.339 e.